The van der Waals surface area contributed by atoms with Crippen molar-refractivity contribution in [1.82, 2.24) is 5.32 Å². The van der Waals surface area contributed by atoms with Gasteiger partial charge in [0.15, 0.2) is 17.5 Å². The Morgan fingerprint density at radius 2 is 1.82 bits per heavy atom. The van der Waals surface area contributed by atoms with E-state index in [0.29, 0.717) is 12.5 Å². The van der Waals surface area contributed by atoms with Gasteiger partial charge >= 0.3 is 0 Å². The molecule has 0 fully saturated rings. The van der Waals surface area contributed by atoms with Crippen LogP contribution in [0.25, 0.3) is 0 Å². The Labute approximate surface area is 126 Å². The van der Waals surface area contributed by atoms with Crippen molar-refractivity contribution in [2.45, 2.75) is 26.3 Å². The number of benzene rings is 1. The molecule has 0 heterocycles. The fraction of sp³-hybridized carbons (Fsp3) is 0.429. The van der Waals surface area contributed by atoms with Gasteiger partial charge in [-0.25, -0.2) is 13.2 Å². The molecule has 122 valence electrons. The Hall–Kier alpha value is -2.09. The van der Waals surface area contributed by atoms with Crippen molar-refractivity contribution < 1.29 is 22.8 Å². The smallest absolute Gasteiger partial charge is 0.243 e. The number of hydrogen-bond acceptors (Lipinski definition) is 3. The number of halogens is 3. The zero-order valence-electron chi connectivity index (χ0n) is 12.3. The average Bonchev–Trinajstić information content (AvgIpc) is 2.44. The zero-order chi connectivity index (χ0) is 16.9. The summed E-state index contributed by atoms with van der Waals surface area (Å²) in [7, 11) is 0. The summed E-state index contributed by atoms with van der Waals surface area (Å²) in [5, 5.41) is 4.32. The lowest BCUT2D eigenvalue weighted by molar-refractivity contribution is -0.125. The maximum atomic E-state index is 13.4. The van der Waals surface area contributed by atoms with Crippen molar-refractivity contribution in [3.8, 4) is 0 Å². The molecule has 0 bridgehead atoms. The quantitative estimate of drug-likeness (QED) is 0.696. The van der Waals surface area contributed by atoms with Gasteiger partial charge in [0.2, 0.25) is 11.8 Å². The first kappa shape index (κ1) is 18.0. The standard InChI is InChI=1S/C14H18F3N3O2/c1-7(2)5-9(18)14(22)19-6-11(21)20-10-4-3-8(15)12(16)13(10)17/h3-4,7,9H,5-6,18H2,1-2H3,(H,19,22)(H,20,21)/t9-/m0/s1. The van der Waals surface area contributed by atoms with E-state index in [2.05, 4.69) is 5.32 Å². The second-order valence-corrected chi connectivity index (χ2v) is 5.22. The molecule has 8 heteroatoms. The third-order valence-corrected chi connectivity index (χ3v) is 2.79. The molecule has 0 saturated carbocycles. The summed E-state index contributed by atoms with van der Waals surface area (Å²) in [4.78, 5) is 23.2. The molecule has 0 radical (unpaired) electrons. The number of hydrogen-bond donors (Lipinski definition) is 3. The number of carbonyl (C=O) groups is 2. The number of nitrogens with two attached hydrogens (primary N) is 1. The average molecular weight is 317 g/mol. The molecular formula is C14H18F3N3O2. The van der Waals surface area contributed by atoms with Gasteiger partial charge in [0.1, 0.15) is 0 Å². The first-order valence-electron chi connectivity index (χ1n) is 6.69. The minimum absolute atomic E-state index is 0.214. The van der Waals surface area contributed by atoms with E-state index < -0.39 is 47.5 Å². The minimum atomic E-state index is -1.68. The van der Waals surface area contributed by atoms with Gasteiger partial charge in [-0.2, -0.15) is 0 Å². The fourth-order valence-corrected chi connectivity index (χ4v) is 1.73. The summed E-state index contributed by atoms with van der Waals surface area (Å²) in [6.07, 6.45) is 0.450. The minimum Gasteiger partial charge on any atom is -0.346 e. The number of anilines is 1. The molecule has 0 saturated heterocycles. The molecule has 0 unspecified atom stereocenters. The van der Waals surface area contributed by atoms with E-state index in [1.165, 1.54) is 0 Å². The highest BCUT2D eigenvalue weighted by Gasteiger charge is 2.17. The second kappa shape index (κ2) is 7.79. The lowest BCUT2D eigenvalue weighted by Gasteiger charge is -2.14. The van der Waals surface area contributed by atoms with Crippen LogP contribution in [0, 0.1) is 23.4 Å². The predicted octanol–water partition coefficient (Wildman–Crippen LogP) is 1.53. The molecule has 0 aliphatic rings. The molecule has 22 heavy (non-hydrogen) atoms. The lowest BCUT2D eigenvalue weighted by atomic mass is 10.0. The highest BCUT2D eigenvalue weighted by Crippen LogP contribution is 2.19. The Morgan fingerprint density at radius 1 is 1.18 bits per heavy atom. The zero-order valence-corrected chi connectivity index (χ0v) is 12.3. The molecule has 1 atom stereocenters. The summed E-state index contributed by atoms with van der Waals surface area (Å²) < 4.78 is 39.1. The van der Waals surface area contributed by atoms with Crippen molar-refractivity contribution >= 4 is 17.5 Å². The molecule has 0 aromatic heterocycles. The van der Waals surface area contributed by atoms with E-state index in [9.17, 15) is 22.8 Å². The third kappa shape index (κ3) is 5.03. The summed E-state index contributed by atoms with van der Waals surface area (Å²) >= 11 is 0. The molecule has 0 aliphatic carbocycles. The highest BCUT2D eigenvalue weighted by molar-refractivity contribution is 5.95. The maximum Gasteiger partial charge on any atom is 0.243 e. The van der Waals surface area contributed by atoms with Crippen LogP contribution in [0.2, 0.25) is 0 Å². The van der Waals surface area contributed by atoms with Gasteiger partial charge in [-0.3, -0.25) is 9.59 Å². The van der Waals surface area contributed by atoms with Crippen LogP contribution in [0.3, 0.4) is 0 Å². The summed E-state index contributed by atoms with van der Waals surface area (Å²) in [6.45, 7) is 3.33. The maximum absolute atomic E-state index is 13.4. The van der Waals surface area contributed by atoms with Crippen LogP contribution < -0.4 is 16.4 Å². The van der Waals surface area contributed by atoms with E-state index in [4.69, 9.17) is 5.73 Å². The Balaban J connectivity index is 2.54. The van der Waals surface area contributed by atoms with Gasteiger partial charge in [0.25, 0.3) is 0 Å². The molecular weight excluding hydrogens is 299 g/mol. The number of carbonyl (C=O) groups excluding carboxylic acids is 2. The van der Waals surface area contributed by atoms with E-state index in [0.717, 1.165) is 6.07 Å². The molecule has 0 aliphatic heterocycles. The second-order valence-electron chi connectivity index (χ2n) is 5.22. The molecule has 2 amide bonds. The Morgan fingerprint density at radius 3 is 2.41 bits per heavy atom. The topological polar surface area (TPSA) is 84.2 Å². The van der Waals surface area contributed by atoms with E-state index in [-0.39, 0.29) is 5.92 Å². The fourth-order valence-electron chi connectivity index (χ4n) is 1.73. The van der Waals surface area contributed by atoms with Gasteiger partial charge in [0.05, 0.1) is 18.3 Å². The molecule has 1 rings (SSSR count). The predicted molar refractivity (Wildman–Crippen MR) is 75.4 cm³/mol. The monoisotopic (exact) mass is 317 g/mol. The lowest BCUT2D eigenvalue weighted by Crippen LogP contribution is -2.44. The van der Waals surface area contributed by atoms with E-state index >= 15 is 0 Å². The summed E-state index contributed by atoms with van der Waals surface area (Å²) in [5.74, 6) is -5.63. The normalized spacial score (nSPS) is 12.1. The molecule has 4 N–H and O–H groups in total. The number of amides is 2. The number of nitrogens with one attached hydrogen (secondary N) is 2. The van der Waals surface area contributed by atoms with Crippen molar-refractivity contribution in [3.63, 3.8) is 0 Å². The van der Waals surface area contributed by atoms with Crippen LogP contribution in [0.5, 0.6) is 0 Å². The number of rotatable bonds is 6. The van der Waals surface area contributed by atoms with Crippen molar-refractivity contribution in [1.29, 1.82) is 0 Å². The van der Waals surface area contributed by atoms with Crippen molar-refractivity contribution in [2.75, 3.05) is 11.9 Å². The molecule has 1 aromatic rings. The van der Waals surface area contributed by atoms with Gasteiger partial charge in [0, 0.05) is 0 Å². The van der Waals surface area contributed by atoms with Crippen LogP contribution in [0.15, 0.2) is 12.1 Å². The van der Waals surface area contributed by atoms with Gasteiger partial charge < -0.3 is 16.4 Å². The van der Waals surface area contributed by atoms with Crippen molar-refractivity contribution in [2.24, 2.45) is 11.7 Å². The molecule has 1 aromatic carbocycles. The van der Waals surface area contributed by atoms with Crippen LogP contribution in [0.4, 0.5) is 18.9 Å². The molecule has 0 spiro atoms. The van der Waals surface area contributed by atoms with Gasteiger partial charge in [-0.05, 0) is 24.5 Å². The van der Waals surface area contributed by atoms with Crippen LogP contribution in [-0.4, -0.2) is 24.4 Å². The van der Waals surface area contributed by atoms with Crippen LogP contribution in [0.1, 0.15) is 20.3 Å². The third-order valence-electron chi connectivity index (χ3n) is 2.79. The highest BCUT2D eigenvalue weighted by atomic mass is 19.2. The van der Waals surface area contributed by atoms with Crippen molar-refractivity contribution in [3.05, 3.63) is 29.6 Å². The first-order valence-corrected chi connectivity index (χ1v) is 6.69. The van der Waals surface area contributed by atoms with Gasteiger partial charge in [-0.1, -0.05) is 13.8 Å². The van der Waals surface area contributed by atoms with E-state index in [1.54, 1.807) is 0 Å². The summed E-state index contributed by atoms with van der Waals surface area (Å²) in [6, 6.07) is 0.816. The van der Waals surface area contributed by atoms with Crippen LogP contribution in [-0.2, 0) is 9.59 Å². The molecule has 5 nitrogen and oxygen atoms in total. The Bertz CT molecular complexity index is 565. The van der Waals surface area contributed by atoms with Crippen LogP contribution >= 0.6 is 0 Å². The van der Waals surface area contributed by atoms with E-state index in [1.807, 2.05) is 19.2 Å². The summed E-state index contributed by atoms with van der Waals surface area (Å²) in [5.41, 5.74) is 5.11. The first-order chi connectivity index (χ1) is 10.2. The SMILES string of the molecule is CC(C)C[C@H](N)C(=O)NCC(=O)Nc1ccc(F)c(F)c1F. The van der Waals surface area contributed by atoms with Gasteiger partial charge in [-0.15, -0.1) is 0 Å². The Kier molecular flexibility index (Phi) is 6.36. The largest absolute Gasteiger partial charge is 0.346 e.